The summed E-state index contributed by atoms with van der Waals surface area (Å²) in [5.41, 5.74) is 5.15. The molecule has 0 heterocycles. The molecule has 0 aliphatic rings. The number of aliphatic carboxylic acids is 1. The van der Waals surface area contributed by atoms with Gasteiger partial charge in [0.2, 0.25) is 0 Å². The minimum absolute atomic E-state index is 0.0588. The topological polar surface area (TPSA) is 134 Å². The van der Waals surface area contributed by atoms with E-state index in [9.17, 15) is 24.4 Å². The third kappa shape index (κ3) is 8.59. The molecular formula is C32H49N2O7P. The van der Waals surface area contributed by atoms with Crippen molar-refractivity contribution in [1.29, 1.82) is 0 Å². The Labute approximate surface area is 251 Å². The zero-order chi connectivity index (χ0) is 32.1. The summed E-state index contributed by atoms with van der Waals surface area (Å²) in [6, 6.07) is 5.75. The number of benzene rings is 2. The molecule has 234 valence electrons. The number of hydrogen-bond acceptors (Lipinski definition) is 6. The van der Waals surface area contributed by atoms with Crippen LogP contribution in [0.1, 0.15) is 122 Å². The summed E-state index contributed by atoms with van der Waals surface area (Å²) in [6.07, 6.45) is 0. The molecule has 10 heteroatoms. The molecule has 0 radical (unpaired) electrons. The number of nitrogens with one attached hydrogen (secondary N) is 2. The van der Waals surface area contributed by atoms with Crippen LogP contribution in [0.4, 0.5) is 0 Å². The number of carbonyl (C=O) groups is 2. The van der Waals surface area contributed by atoms with Gasteiger partial charge in [-0.25, -0.2) is 14.7 Å². The number of ether oxygens (including phenoxy) is 1. The SMILES string of the molecule is CCOC(=O)[C@H](C)NP(=O)(N[C@@H](C)C(=O)O)Oc1c(C(C)C)cc(-c2cc(C(C)C)c(O)c(C(C)C)c2)cc1C(C)C. The normalized spacial score (nSPS) is 14.7. The van der Waals surface area contributed by atoms with Crippen LogP contribution in [-0.2, 0) is 18.9 Å². The largest absolute Gasteiger partial charge is 0.507 e. The van der Waals surface area contributed by atoms with Crippen LogP contribution in [0.15, 0.2) is 24.3 Å². The first kappa shape index (κ1) is 35.3. The first-order chi connectivity index (χ1) is 19.4. The number of esters is 1. The first-order valence-electron chi connectivity index (χ1n) is 14.7. The maximum Gasteiger partial charge on any atom is 0.391 e. The molecule has 0 aromatic heterocycles. The highest BCUT2D eigenvalue weighted by atomic mass is 31.2. The Hall–Kier alpha value is -2.87. The van der Waals surface area contributed by atoms with Crippen molar-refractivity contribution in [2.45, 2.75) is 112 Å². The summed E-state index contributed by atoms with van der Waals surface area (Å²) in [4.78, 5) is 24.1. The lowest BCUT2D eigenvalue weighted by molar-refractivity contribution is -0.144. The lowest BCUT2D eigenvalue weighted by Gasteiger charge is -2.29. The van der Waals surface area contributed by atoms with Gasteiger partial charge in [0, 0.05) is 0 Å². The van der Waals surface area contributed by atoms with Gasteiger partial charge >= 0.3 is 19.6 Å². The molecule has 0 amide bonds. The molecule has 0 aliphatic carbocycles. The van der Waals surface area contributed by atoms with Gasteiger partial charge in [0.05, 0.1) is 6.61 Å². The molecule has 0 fully saturated rings. The van der Waals surface area contributed by atoms with Gasteiger partial charge in [-0.05, 0) is 102 Å². The van der Waals surface area contributed by atoms with Gasteiger partial charge in [-0.3, -0.25) is 9.59 Å². The Morgan fingerprint density at radius 3 is 1.48 bits per heavy atom. The fourth-order valence-electron chi connectivity index (χ4n) is 4.63. The van der Waals surface area contributed by atoms with E-state index in [1.165, 1.54) is 13.8 Å². The Morgan fingerprint density at radius 1 is 0.738 bits per heavy atom. The van der Waals surface area contributed by atoms with E-state index in [1.54, 1.807) is 6.92 Å². The second kappa shape index (κ2) is 14.5. The van der Waals surface area contributed by atoms with Gasteiger partial charge in [-0.2, -0.15) is 0 Å². The summed E-state index contributed by atoms with van der Waals surface area (Å²) >= 11 is 0. The van der Waals surface area contributed by atoms with Gasteiger partial charge in [-0.1, -0.05) is 55.4 Å². The van der Waals surface area contributed by atoms with Crippen molar-refractivity contribution in [3.8, 4) is 22.6 Å². The van der Waals surface area contributed by atoms with Crippen molar-refractivity contribution in [2.24, 2.45) is 0 Å². The fraction of sp³-hybridized carbons (Fsp3) is 0.562. The molecule has 0 aliphatic heterocycles. The molecule has 9 nitrogen and oxygen atoms in total. The first-order valence-corrected chi connectivity index (χ1v) is 16.3. The third-order valence-electron chi connectivity index (χ3n) is 7.09. The van der Waals surface area contributed by atoms with Crippen molar-refractivity contribution >= 4 is 19.6 Å². The molecule has 0 saturated heterocycles. The van der Waals surface area contributed by atoms with Crippen LogP contribution in [0, 0.1) is 0 Å². The maximum absolute atomic E-state index is 14.3. The zero-order valence-electron chi connectivity index (χ0n) is 26.9. The average Bonchev–Trinajstić information content (AvgIpc) is 2.87. The molecule has 42 heavy (non-hydrogen) atoms. The van der Waals surface area contributed by atoms with Crippen molar-refractivity contribution in [2.75, 3.05) is 6.61 Å². The standard InChI is InChI=1S/C32H49N2O7P/c1-12-40-32(38)22(11)34-42(39,33-21(10)31(36)37)41-30-27(19(6)7)15-24(16-28(30)20(8)9)23-13-25(17(2)3)29(35)26(14-23)18(4)5/h13-22,35H,12H2,1-11H3,(H,36,37)(H2,33,34,39)/t21-,22-,42?/m0/s1. The van der Waals surface area contributed by atoms with Gasteiger partial charge < -0.3 is 19.5 Å². The summed E-state index contributed by atoms with van der Waals surface area (Å²) in [6.45, 7) is 20.8. The zero-order valence-corrected chi connectivity index (χ0v) is 27.8. The number of phenolic OH excluding ortho intramolecular Hbond substituents is 1. The molecule has 3 atom stereocenters. The van der Waals surface area contributed by atoms with Gasteiger partial charge in [-0.15, -0.1) is 0 Å². The summed E-state index contributed by atoms with van der Waals surface area (Å²) < 4.78 is 25.6. The van der Waals surface area contributed by atoms with E-state index in [2.05, 4.69) is 10.2 Å². The lowest BCUT2D eigenvalue weighted by Crippen LogP contribution is -2.42. The van der Waals surface area contributed by atoms with Gasteiger partial charge in [0.25, 0.3) is 0 Å². The second-order valence-electron chi connectivity index (χ2n) is 12.0. The van der Waals surface area contributed by atoms with E-state index in [1.807, 2.05) is 79.7 Å². The monoisotopic (exact) mass is 604 g/mol. The minimum Gasteiger partial charge on any atom is -0.507 e. The van der Waals surface area contributed by atoms with Crippen molar-refractivity contribution in [3.05, 3.63) is 46.5 Å². The van der Waals surface area contributed by atoms with E-state index >= 15 is 0 Å². The summed E-state index contributed by atoms with van der Waals surface area (Å²) in [5.74, 6) is -1.07. The van der Waals surface area contributed by atoms with Gasteiger partial charge in [0.1, 0.15) is 23.6 Å². The van der Waals surface area contributed by atoms with Gasteiger partial charge in [0.15, 0.2) is 0 Å². The smallest absolute Gasteiger partial charge is 0.391 e. The summed E-state index contributed by atoms with van der Waals surface area (Å²) in [5, 5.41) is 25.8. The van der Waals surface area contributed by atoms with Crippen LogP contribution in [0.25, 0.3) is 11.1 Å². The lowest BCUT2D eigenvalue weighted by atomic mass is 9.86. The van der Waals surface area contributed by atoms with Crippen LogP contribution in [-0.4, -0.2) is 40.8 Å². The highest BCUT2D eigenvalue weighted by molar-refractivity contribution is 7.55. The van der Waals surface area contributed by atoms with Crippen LogP contribution in [0.3, 0.4) is 0 Å². The highest BCUT2D eigenvalue weighted by Gasteiger charge is 2.35. The van der Waals surface area contributed by atoms with E-state index in [0.29, 0.717) is 11.5 Å². The van der Waals surface area contributed by atoms with E-state index in [-0.39, 0.29) is 30.3 Å². The molecular weight excluding hydrogens is 555 g/mol. The van der Waals surface area contributed by atoms with Crippen molar-refractivity contribution in [3.63, 3.8) is 0 Å². The third-order valence-corrected chi connectivity index (χ3v) is 8.99. The van der Waals surface area contributed by atoms with Crippen LogP contribution < -0.4 is 14.7 Å². The van der Waals surface area contributed by atoms with E-state index < -0.39 is 31.7 Å². The second-order valence-corrected chi connectivity index (χ2v) is 13.8. The Morgan fingerprint density at radius 2 is 1.12 bits per heavy atom. The predicted octanol–water partition coefficient (Wildman–Crippen LogP) is 7.64. The molecule has 0 spiro atoms. The number of phenols is 1. The quantitative estimate of drug-likeness (QED) is 0.127. The molecule has 1 unspecified atom stereocenters. The van der Waals surface area contributed by atoms with Crippen LogP contribution in [0.5, 0.6) is 11.5 Å². The molecule has 4 N–H and O–H groups in total. The molecule has 2 rings (SSSR count). The number of carboxylic acid groups (broad SMARTS) is 1. The highest BCUT2D eigenvalue weighted by Crippen LogP contribution is 2.48. The Bertz CT molecular complexity index is 1260. The minimum atomic E-state index is -4.17. The van der Waals surface area contributed by atoms with Crippen molar-refractivity contribution < 1.29 is 33.6 Å². The molecule has 0 bridgehead atoms. The summed E-state index contributed by atoms with van der Waals surface area (Å²) in [7, 11) is -4.17. The molecule has 2 aromatic rings. The van der Waals surface area contributed by atoms with Crippen LogP contribution >= 0.6 is 7.67 Å². The van der Waals surface area contributed by atoms with E-state index in [0.717, 1.165) is 33.4 Å². The number of aromatic hydroxyl groups is 1. The Balaban J connectivity index is 2.80. The number of rotatable bonds is 14. The van der Waals surface area contributed by atoms with Crippen LogP contribution in [0.2, 0.25) is 0 Å². The number of hydrogen-bond donors (Lipinski definition) is 4. The maximum atomic E-state index is 14.3. The predicted molar refractivity (Wildman–Crippen MR) is 168 cm³/mol. The number of carboxylic acids is 1. The molecule has 0 saturated carbocycles. The average molecular weight is 605 g/mol. The fourth-order valence-corrected chi connectivity index (χ4v) is 6.52. The Kier molecular flexibility index (Phi) is 12.2. The molecule has 2 aromatic carbocycles. The van der Waals surface area contributed by atoms with Crippen molar-refractivity contribution in [1.82, 2.24) is 10.2 Å². The number of carbonyl (C=O) groups excluding carboxylic acids is 1. The van der Waals surface area contributed by atoms with E-state index in [4.69, 9.17) is 9.26 Å².